The average Bonchev–Trinajstić information content (AvgIpc) is 3.07. The number of rotatable bonds is 6. The van der Waals surface area contributed by atoms with E-state index < -0.39 is 5.60 Å². The fourth-order valence-electron chi connectivity index (χ4n) is 3.15. The highest BCUT2D eigenvalue weighted by Crippen LogP contribution is 2.13. The molecule has 1 unspecified atom stereocenters. The van der Waals surface area contributed by atoms with E-state index in [0.29, 0.717) is 19.7 Å². The van der Waals surface area contributed by atoms with Crippen molar-refractivity contribution in [1.29, 1.82) is 0 Å². The Labute approximate surface area is 174 Å². The van der Waals surface area contributed by atoms with Crippen LogP contribution in [0.15, 0.2) is 29.3 Å². The van der Waals surface area contributed by atoms with Gasteiger partial charge in [-0.3, -0.25) is 4.99 Å². The lowest BCUT2D eigenvalue weighted by Gasteiger charge is -2.23. The van der Waals surface area contributed by atoms with Crippen molar-refractivity contribution < 1.29 is 14.3 Å². The van der Waals surface area contributed by atoms with Gasteiger partial charge in [0, 0.05) is 26.7 Å². The number of alkyl carbamates (subject to hydrolysis) is 1. The molecule has 1 fully saturated rings. The van der Waals surface area contributed by atoms with Crippen LogP contribution < -0.4 is 10.6 Å². The van der Waals surface area contributed by atoms with Crippen LogP contribution in [-0.4, -0.2) is 54.8 Å². The van der Waals surface area contributed by atoms with Gasteiger partial charge >= 0.3 is 6.09 Å². The minimum atomic E-state index is -0.491. The highest BCUT2D eigenvalue weighted by molar-refractivity contribution is 5.80. The summed E-state index contributed by atoms with van der Waals surface area (Å²) in [5, 5.41) is 6.37. The number of hydrogen-bond donors (Lipinski definition) is 2. The summed E-state index contributed by atoms with van der Waals surface area (Å²) in [7, 11) is 1.78. The number of carbonyl (C=O) groups excluding carboxylic acids is 1. The summed E-state index contributed by atoms with van der Waals surface area (Å²) < 4.78 is 11.0. The van der Waals surface area contributed by atoms with E-state index >= 15 is 0 Å². The number of carbonyl (C=O) groups is 1. The maximum absolute atomic E-state index is 12.0. The molecule has 2 N–H and O–H groups in total. The minimum absolute atomic E-state index is 0.0555. The third-order valence-electron chi connectivity index (χ3n) is 4.45. The Bertz CT molecular complexity index is 698. The van der Waals surface area contributed by atoms with E-state index in [1.165, 1.54) is 5.56 Å². The fourth-order valence-corrected chi connectivity index (χ4v) is 3.15. The molecule has 1 amide bonds. The minimum Gasteiger partial charge on any atom is -0.444 e. The molecule has 1 aliphatic rings. The normalized spacial score (nSPS) is 17.6. The molecule has 1 saturated heterocycles. The number of nitrogens with zero attached hydrogens (tertiary/aromatic N) is 2. The lowest BCUT2D eigenvalue weighted by molar-refractivity contribution is 0.0507. The first kappa shape index (κ1) is 23.0. The van der Waals surface area contributed by atoms with Gasteiger partial charge in [0.15, 0.2) is 5.96 Å². The molecule has 162 valence electrons. The maximum Gasteiger partial charge on any atom is 0.407 e. The summed E-state index contributed by atoms with van der Waals surface area (Å²) in [6.07, 6.45) is 0.711. The van der Waals surface area contributed by atoms with Crippen LogP contribution in [-0.2, 0) is 22.6 Å². The Morgan fingerprint density at radius 1 is 1.31 bits per heavy atom. The Balaban J connectivity index is 1.84. The van der Waals surface area contributed by atoms with E-state index in [4.69, 9.17) is 9.47 Å². The molecule has 0 spiro atoms. The average molecular weight is 405 g/mol. The van der Waals surface area contributed by atoms with Crippen LogP contribution in [0.4, 0.5) is 4.79 Å². The molecule has 7 heteroatoms. The molecule has 0 radical (unpaired) electrons. The van der Waals surface area contributed by atoms with Crippen LogP contribution in [0.2, 0.25) is 0 Å². The van der Waals surface area contributed by atoms with Gasteiger partial charge in [0.25, 0.3) is 0 Å². The summed E-state index contributed by atoms with van der Waals surface area (Å²) in [5.41, 5.74) is 1.85. The highest BCUT2D eigenvalue weighted by atomic mass is 16.6. The van der Waals surface area contributed by atoms with Crippen LogP contribution in [0.3, 0.4) is 0 Å². The Morgan fingerprint density at radius 2 is 2.03 bits per heavy atom. The molecule has 7 nitrogen and oxygen atoms in total. The predicted octanol–water partition coefficient (Wildman–Crippen LogP) is 3.29. The van der Waals surface area contributed by atoms with Gasteiger partial charge in [-0.15, -0.1) is 0 Å². The zero-order valence-electron chi connectivity index (χ0n) is 18.6. The van der Waals surface area contributed by atoms with Crippen molar-refractivity contribution in [3.63, 3.8) is 0 Å². The third-order valence-corrected chi connectivity index (χ3v) is 4.45. The topological polar surface area (TPSA) is 75.2 Å². The molecule has 1 atom stereocenters. The molecule has 1 aromatic rings. The molecule has 29 heavy (non-hydrogen) atoms. The first-order valence-electron chi connectivity index (χ1n) is 10.3. The number of guanidine groups is 1. The van der Waals surface area contributed by atoms with Crippen molar-refractivity contribution in [2.75, 3.05) is 20.1 Å². The number of ether oxygens (including phenoxy) is 2. The Kier molecular flexibility index (Phi) is 8.32. The molecule has 1 aliphatic heterocycles. The Hall–Kier alpha value is -2.28. The smallest absolute Gasteiger partial charge is 0.407 e. The monoisotopic (exact) mass is 404 g/mol. The zero-order chi connectivity index (χ0) is 21.4. The van der Waals surface area contributed by atoms with Gasteiger partial charge in [-0.1, -0.05) is 24.3 Å². The van der Waals surface area contributed by atoms with Gasteiger partial charge in [0.05, 0.1) is 18.8 Å². The summed E-state index contributed by atoms with van der Waals surface area (Å²) >= 11 is 0. The number of aliphatic imine (C=N–C) groups is 1. The van der Waals surface area contributed by atoms with E-state index in [0.717, 1.165) is 24.5 Å². The molecule has 0 aliphatic carbocycles. The van der Waals surface area contributed by atoms with E-state index in [2.05, 4.69) is 44.8 Å². The molecule has 2 rings (SSSR count). The van der Waals surface area contributed by atoms with Crippen LogP contribution in [0, 0.1) is 0 Å². The van der Waals surface area contributed by atoms with Crippen molar-refractivity contribution in [2.24, 2.45) is 4.99 Å². The van der Waals surface area contributed by atoms with Gasteiger partial charge in [-0.05, 0) is 52.2 Å². The molecule has 0 aromatic heterocycles. The molecular formula is C22H36N4O3. The van der Waals surface area contributed by atoms with E-state index in [9.17, 15) is 4.79 Å². The summed E-state index contributed by atoms with van der Waals surface area (Å²) in [6.45, 7) is 12.5. The molecule has 0 saturated carbocycles. The molecule has 1 heterocycles. The standard InChI is InChI=1S/C22H36N4O3/c1-16(2)28-15-18-9-7-8-17(12-18)13-24-20(23-6)26-11-10-19(14-26)25-21(27)29-22(3,4)5/h7-9,12,16,19H,10-11,13-15H2,1-6H3,(H,23,24)(H,25,27). The first-order chi connectivity index (χ1) is 13.7. The van der Waals surface area contributed by atoms with Crippen molar-refractivity contribution in [3.8, 4) is 0 Å². The van der Waals surface area contributed by atoms with Crippen molar-refractivity contribution in [2.45, 2.75) is 71.9 Å². The zero-order valence-corrected chi connectivity index (χ0v) is 18.6. The lowest BCUT2D eigenvalue weighted by Crippen LogP contribution is -2.44. The number of hydrogen-bond acceptors (Lipinski definition) is 4. The second-order valence-electron chi connectivity index (χ2n) is 8.66. The largest absolute Gasteiger partial charge is 0.444 e. The van der Waals surface area contributed by atoms with Crippen LogP contribution >= 0.6 is 0 Å². The predicted molar refractivity (Wildman–Crippen MR) is 116 cm³/mol. The Morgan fingerprint density at radius 3 is 2.69 bits per heavy atom. The molecular weight excluding hydrogens is 368 g/mol. The molecule has 0 bridgehead atoms. The van der Waals surface area contributed by atoms with Gasteiger partial charge in [-0.2, -0.15) is 0 Å². The van der Waals surface area contributed by atoms with Crippen molar-refractivity contribution in [3.05, 3.63) is 35.4 Å². The van der Waals surface area contributed by atoms with Crippen LogP contribution in [0.5, 0.6) is 0 Å². The second-order valence-corrected chi connectivity index (χ2v) is 8.66. The van der Waals surface area contributed by atoms with E-state index in [1.807, 2.05) is 34.6 Å². The number of benzene rings is 1. The highest BCUT2D eigenvalue weighted by Gasteiger charge is 2.27. The van der Waals surface area contributed by atoms with Crippen LogP contribution in [0.25, 0.3) is 0 Å². The van der Waals surface area contributed by atoms with E-state index in [1.54, 1.807) is 7.05 Å². The maximum atomic E-state index is 12.0. The summed E-state index contributed by atoms with van der Waals surface area (Å²) in [5.74, 6) is 0.835. The summed E-state index contributed by atoms with van der Waals surface area (Å²) in [6, 6.07) is 8.43. The quantitative estimate of drug-likeness (QED) is 0.562. The van der Waals surface area contributed by atoms with Gasteiger partial charge in [-0.25, -0.2) is 4.79 Å². The number of nitrogens with one attached hydrogen (secondary N) is 2. The third kappa shape index (κ3) is 8.31. The summed E-state index contributed by atoms with van der Waals surface area (Å²) in [4.78, 5) is 18.6. The van der Waals surface area contributed by atoms with Crippen LogP contribution in [0.1, 0.15) is 52.2 Å². The van der Waals surface area contributed by atoms with Gasteiger partial charge < -0.3 is 25.0 Å². The molecule has 1 aromatic carbocycles. The van der Waals surface area contributed by atoms with Crippen molar-refractivity contribution >= 4 is 12.1 Å². The van der Waals surface area contributed by atoms with Gasteiger partial charge in [0.2, 0.25) is 0 Å². The lowest BCUT2D eigenvalue weighted by atomic mass is 10.1. The first-order valence-corrected chi connectivity index (χ1v) is 10.3. The van der Waals surface area contributed by atoms with Crippen molar-refractivity contribution in [1.82, 2.24) is 15.5 Å². The number of likely N-dealkylation sites (tertiary alicyclic amines) is 1. The SMILES string of the molecule is CN=C(NCc1cccc(COC(C)C)c1)N1CCC(NC(=O)OC(C)(C)C)C1. The second kappa shape index (κ2) is 10.5. The van der Waals surface area contributed by atoms with E-state index in [-0.39, 0.29) is 18.2 Å². The fraction of sp³-hybridized carbons (Fsp3) is 0.636. The number of amides is 1. The van der Waals surface area contributed by atoms with Gasteiger partial charge in [0.1, 0.15) is 5.60 Å².